The van der Waals surface area contributed by atoms with Crippen LogP contribution in [0.4, 0.5) is 0 Å². The molecule has 0 radical (unpaired) electrons. The van der Waals surface area contributed by atoms with Gasteiger partial charge in [-0.2, -0.15) is 0 Å². The molecule has 0 fully saturated rings. The molecule has 0 bridgehead atoms. The molecule has 128 valence electrons. The summed E-state index contributed by atoms with van der Waals surface area (Å²) in [5.74, 6) is 1.19. The molecule has 0 aliphatic rings. The van der Waals surface area contributed by atoms with Crippen molar-refractivity contribution in [3.05, 3.63) is 71.8 Å². The first kappa shape index (κ1) is 17.6. The van der Waals surface area contributed by atoms with Crippen molar-refractivity contribution in [2.75, 3.05) is 18.9 Å². The summed E-state index contributed by atoms with van der Waals surface area (Å²) in [6.07, 6.45) is 0. The summed E-state index contributed by atoms with van der Waals surface area (Å²) in [4.78, 5) is 12.9. The Labute approximate surface area is 156 Å². The standard InChI is InChI=1S/C20H18ClNO2S/c21-16-8-10-17(11-9-16)25-14-20(23)22-12-13-24-19-7-3-5-15-4-1-2-6-18(15)19/h1-11H,12-14H2,(H,22,23). The van der Waals surface area contributed by atoms with Crippen LogP contribution in [0.3, 0.4) is 0 Å². The fourth-order valence-electron chi connectivity index (χ4n) is 2.40. The van der Waals surface area contributed by atoms with Gasteiger partial charge in [-0.05, 0) is 35.7 Å². The number of carbonyl (C=O) groups is 1. The van der Waals surface area contributed by atoms with E-state index in [-0.39, 0.29) is 5.91 Å². The van der Waals surface area contributed by atoms with Gasteiger partial charge in [-0.3, -0.25) is 4.79 Å². The maximum atomic E-state index is 11.9. The molecule has 5 heteroatoms. The highest BCUT2D eigenvalue weighted by atomic mass is 35.5. The topological polar surface area (TPSA) is 38.3 Å². The number of fused-ring (bicyclic) bond motifs is 1. The van der Waals surface area contributed by atoms with Crippen LogP contribution in [-0.4, -0.2) is 24.8 Å². The van der Waals surface area contributed by atoms with Gasteiger partial charge >= 0.3 is 0 Å². The van der Waals surface area contributed by atoms with E-state index < -0.39 is 0 Å². The molecule has 0 saturated heterocycles. The molecule has 3 nitrogen and oxygen atoms in total. The van der Waals surface area contributed by atoms with Crippen molar-refractivity contribution in [1.29, 1.82) is 0 Å². The molecule has 1 amide bonds. The van der Waals surface area contributed by atoms with Crippen LogP contribution in [-0.2, 0) is 4.79 Å². The average Bonchev–Trinajstić information content (AvgIpc) is 2.65. The van der Waals surface area contributed by atoms with Crippen molar-refractivity contribution < 1.29 is 9.53 Å². The number of carbonyl (C=O) groups excluding carboxylic acids is 1. The molecule has 0 aliphatic carbocycles. The lowest BCUT2D eigenvalue weighted by Crippen LogP contribution is -2.29. The second-order valence-corrected chi connectivity index (χ2v) is 6.90. The van der Waals surface area contributed by atoms with Gasteiger partial charge in [0.25, 0.3) is 0 Å². The van der Waals surface area contributed by atoms with Gasteiger partial charge in [-0.15, -0.1) is 11.8 Å². The second-order valence-electron chi connectivity index (χ2n) is 5.42. The fourth-order valence-corrected chi connectivity index (χ4v) is 3.26. The highest BCUT2D eigenvalue weighted by Gasteiger charge is 2.04. The average molecular weight is 372 g/mol. The van der Waals surface area contributed by atoms with Crippen LogP contribution in [0.1, 0.15) is 0 Å². The Morgan fingerprint density at radius 3 is 2.60 bits per heavy atom. The third-order valence-corrected chi connectivity index (χ3v) is 4.88. The zero-order valence-electron chi connectivity index (χ0n) is 13.6. The van der Waals surface area contributed by atoms with Gasteiger partial charge in [0.05, 0.1) is 12.3 Å². The number of benzene rings is 3. The van der Waals surface area contributed by atoms with Gasteiger partial charge in [-0.25, -0.2) is 0 Å². The van der Waals surface area contributed by atoms with Crippen molar-refractivity contribution in [2.45, 2.75) is 4.90 Å². The van der Waals surface area contributed by atoms with Crippen molar-refractivity contribution in [2.24, 2.45) is 0 Å². The smallest absolute Gasteiger partial charge is 0.230 e. The van der Waals surface area contributed by atoms with E-state index in [0.29, 0.717) is 23.9 Å². The third-order valence-electron chi connectivity index (χ3n) is 3.61. The van der Waals surface area contributed by atoms with Gasteiger partial charge in [0.15, 0.2) is 0 Å². The molecule has 0 aromatic heterocycles. The minimum atomic E-state index is -0.0125. The van der Waals surface area contributed by atoms with Gasteiger partial charge in [0.2, 0.25) is 5.91 Å². The summed E-state index contributed by atoms with van der Waals surface area (Å²) >= 11 is 7.33. The maximum Gasteiger partial charge on any atom is 0.230 e. The van der Waals surface area contributed by atoms with Gasteiger partial charge in [0, 0.05) is 15.3 Å². The number of ether oxygens (including phenoxy) is 1. The number of halogens is 1. The van der Waals surface area contributed by atoms with Crippen LogP contribution >= 0.6 is 23.4 Å². The molecule has 25 heavy (non-hydrogen) atoms. The molecule has 3 rings (SSSR count). The summed E-state index contributed by atoms with van der Waals surface area (Å²) in [6.45, 7) is 0.911. The maximum absolute atomic E-state index is 11.9. The molecule has 3 aromatic carbocycles. The largest absolute Gasteiger partial charge is 0.491 e. The van der Waals surface area contributed by atoms with E-state index in [2.05, 4.69) is 17.4 Å². The lowest BCUT2D eigenvalue weighted by molar-refractivity contribution is -0.118. The zero-order chi connectivity index (χ0) is 17.5. The Balaban J connectivity index is 1.42. The minimum Gasteiger partial charge on any atom is -0.491 e. The number of hydrogen-bond acceptors (Lipinski definition) is 3. The molecule has 0 aliphatic heterocycles. The summed E-state index contributed by atoms with van der Waals surface area (Å²) in [7, 11) is 0. The summed E-state index contributed by atoms with van der Waals surface area (Å²) in [5.41, 5.74) is 0. The normalized spacial score (nSPS) is 10.6. The quantitative estimate of drug-likeness (QED) is 0.479. The first-order valence-electron chi connectivity index (χ1n) is 7.98. The predicted molar refractivity (Wildman–Crippen MR) is 105 cm³/mol. The number of hydrogen-bond donors (Lipinski definition) is 1. The minimum absolute atomic E-state index is 0.0125. The van der Waals surface area contributed by atoms with Gasteiger partial charge < -0.3 is 10.1 Å². The Bertz CT molecular complexity index is 846. The van der Waals surface area contributed by atoms with E-state index in [1.165, 1.54) is 11.8 Å². The van der Waals surface area contributed by atoms with Crippen molar-refractivity contribution in [3.8, 4) is 5.75 Å². The van der Waals surface area contributed by atoms with E-state index in [1.807, 2.05) is 54.6 Å². The molecule has 0 heterocycles. The first-order valence-corrected chi connectivity index (χ1v) is 9.34. The lowest BCUT2D eigenvalue weighted by Gasteiger charge is -2.10. The lowest BCUT2D eigenvalue weighted by atomic mass is 10.1. The molecule has 0 spiro atoms. The molecule has 0 unspecified atom stereocenters. The molecular weight excluding hydrogens is 354 g/mol. The Kier molecular flexibility index (Phi) is 6.20. The number of rotatable bonds is 7. The van der Waals surface area contributed by atoms with E-state index in [4.69, 9.17) is 16.3 Å². The van der Waals surface area contributed by atoms with Crippen LogP contribution in [0.2, 0.25) is 5.02 Å². The van der Waals surface area contributed by atoms with Crippen molar-refractivity contribution in [1.82, 2.24) is 5.32 Å². The predicted octanol–water partition coefficient (Wildman–Crippen LogP) is 4.78. The number of amides is 1. The summed E-state index contributed by atoms with van der Waals surface area (Å²) in [5, 5.41) is 5.79. The van der Waals surface area contributed by atoms with E-state index in [1.54, 1.807) is 0 Å². The highest BCUT2D eigenvalue weighted by Crippen LogP contribution is 2.25. The van der Waals surface area contributed by atoms with Gasteiger partial charge in [-0.1, -0.05) is 48.0 Å². The van der Waals surface area contributed by atoms with Crippen molar-refractivity contribution >= 4 is 40.0 Å². The van der Waals surface area contributed by atoms with Crippen LogP contribution < -0.4 is 10.1 Å². The van der Waals surface area contributed by atoms with Crippen LogP contribution in [0, 0.1) is 0 Å². The SMILES string of the molecule is O=C(CSc1ccc(Cl)cc1)NCCOc1cccc2ccccc12. The number of thioether (sulfide) groups is 1. The fraction of sp³-hybridized carbons (Fsp3) is 0.150. The molecule has 0 atom stereocenters. The van der Waals surface area contributed by atoms with E-state index in [0.717, 1.165) is 21.4 Å². The van der Waals surface area contributed by atoms with Crippen molar-refractivity contribution in [3.63, 3.8) is 0 Å². The molecule has 3 aromatic rings. The monoisotopic (exact) mass is 371 g/mol. The Morgan fingerprint density at radius 1 is 1.00 bits per heavy atom. The first-order chi connectivity index (χ1) is 12.2. The van der Waals surface area contributed by atoms with Crippen LogP contribution in [0.5, 0.6) is 5.75 Å². The van der Waals surface area contributed by atoms with Crippen LogP contribution in [0.25, 0.3) is 10.8 Å². The third kappa shape index (κ3) is 5.15. The second kappa shape index (κ2) is 8.79. The Morgan fingerprint density at radius 2 is 1.76 bits per heavy atom. The van der Waals surface area contributed by atoms with E-state index >= 15 is 0 Å². The van der Waals surface area contributed by atoms with Crippen LogP contribution in [0.15, 0.2) is 71.6 Å². The van der Waals surface area contributed by atoms with E-state index in [9.17, 15) is 4.79 Å². The molecular formula is C20H18ClNO2S. The Hall–Kier alpha value is -2.17. The highest BCUT2D eigenvalue weighted by molar-refractivity contribution is 8.00. The summed E-state index contributed by atoms with van der Waals surface area (Å²) < 4.78 is 5.81. The molecule has 1 N–H and O–H groups in total. The summed E-state index contributed by atoms with van der Waals surface area (Å²) in [6, 6.07) is 21.5. The molecule has 0 saturated carbocycles. The number of nitrogens with one attached hydrogen (secondary N) is 1. The van der Waals surface area contributed by atoms with Gasteiger partial charge in [0.1, 0.15) is 12.4 Å². The zero-order valence-corrected chi connectivity index (χ0v) is 15.1.